The Bertz CT molecular complexity index is 407. The lowest BCUT2D eigenvalue weighted by Gasteiger charge is -2.40. The van der Waals surface area contributed by atoms with Crippen molar-refractivity contribution in [3.63, 3.8) is 0 Å². The molecule has 0 aromatic carbocycles. The highest BCUT2D eigenvalue weighted by Crippen LogP contribution is 2.60. The third-order valence-electron chi connectivity index (χ3n) is 2.48. The molecule has 1 nitrogen and oxygen atoms in total. The molecule has 0 bridgehead atoms. The first-order valence-electron chi connectivity index (χ1n) is 4.83. The van der Waals surface area contributed by atoms with Crippen molar-refractivity contribution in [1.82, 2.24) is 0 Å². The quantitative estimate of drug-likeness (QED) is 0.729. The zero-order valence-electron chi connectivity index (χ0n) is 9.94. The molecule has 14 heteroatoms. The van der Waals surface area contributed by atoms with Crippen LogP contribution < -0.4 is 0 Å². The minimum absolute atomic E-state index is 0.288. The second kappa shape index (κ2) is 5.03. The van der Waals surface area contributed by atoms with Gasteiger partial charge in [0.15, 0.2) is 0 Å². The number of aliphatic hydroxyl groups is 1. The van der Waals surface area contributed by atoms with Crippen molar-refractivity contribution in [3.05, 3.63) is 0 Å². The first-order valence-corrected chi connectivity index (χ1v) is 4.83. The van der Waals surface area contributed by atoms with E-state index in [4.69, 9.17) is 5.11 Å². The van der Waals surface area contributed by atoms with Crippen LogP contribution in [0.5, 0.6) is 0 Å². The largest absolute Gasteiger partial charge is 0.460 e. The number of hydrogen-bond acceptors (Lipinski definition) is 1. The molecule has 0 spiro atoms. The Morgan fingerprint density at radius 3 is 1.05 bits per heavy atom. The standard InChI is InChI=1S/C8H5F13O/c1-2(22)3(9,10)4(11,12)5(13,14)6(15,16)7(17,18)8(19,20)21/h2,22H,1H3/t2-/m1/s1. The molecule has 0 aromatic rings. The molecular weight excluding hydrogens is 359 g/mol. The van der Waals surface area contributed by atoms with E-state index in [1.165, 1.54) is 0 Å². The van der Waals surface area contributed by atoms with Crippen LogP contribution in [0.2, 0.25) is 0 Å². The van der Waals surface area contributed by atoms with Gasteiger partial charge in [0.25, 0.3) is 0 Å². The SMILES string of the molecule is C[C@@H](O)C(F)(F)C(F)(F)C(F)(F)C(F)(F)C(F)(F)C(F)(F)F. The van der Waals surface area contributed by atoms with Gasteiger partial charge in [-0.2, -0.15) is 57.1 Å². The molecule has 22 heavy (non-hydrogen) atoms. The van der Waals surface area contributed by atoms with E-state index < -0.39 is 41.9 Å². The summed E-state index contributed by atoms with van der Waals surface area (Å²) in [5.41, 5.74) is 0. The van der Waals surface area contributed by atoms with Crippen molar-refractivity contribution in [2.45, 2.75) is 48.8 Å². The summed E-state index contributed by atoms with van der Waals surface area (Å²) in [5, 5.41) is 8.19. The Hall–Kier alpha value is -0.950. The second-order valence-electron chi connectivity index (χ2n) is 4.09. The monoisotopic (exact) mass is 364 g/mol. The number of rotatable bonds is 5. The van der Waals surface area contributed by atoms with E-state index in [0.29, 0.717) is 0 Å². The zero-order chi connectivity index (χ0) is 18.6. The predicted molar refractivity (Wildman–Crippen MR) is 42.5 cm³/mol. The average molecular weight is 364 g/mol. The van der Waals surface area contributed by atoms with E-state index in [-0.39, 0.29) is 6.92 Å². The zero-order valence-corrected chi connectivity index (χ0v) is 9.94. The van der Waals surface area contributed by atoms with Crippen molar-refractivity contribution < 1.29 is 62.2 Å². The van der Waals surface area contributed by atoms with Gasteiger partial charge >= 0.3 is 35.8 Å². The second-order valence-corrected chi connectivity index (χ2v) is 4.09. The van der Waals surface area contributed by atoms with Crippen LogP contribution in [0.3, 0.4) is 0 Å². The lowest BCUT2D eigenvalue weighted by atomic mass is 9.92. The predicted octanol–water partition coefficient (Wildman–Crippen LogP) is 4.11. The van der Waals surface area contributed by atoms with Crippen molar-refractivity contribution in [2.75, 3.05) is 0 Å². The molecule has 0 fully saturated rings. The van der Waals surface area contributed by atoms with Crippen LogP contribution in [0.25, 0.3) is 0 Å². The van der Waals surface area contributed by atoms with Gasteiger partial charge in [0.1, 0.15) is 6.10 Å². The van der Waals surface area contributed by atoms with E-state index in [1.54, 1.807) is 0 Å². The van der Waals surface area contributed by atoms with Crippen LogP contribution in [-0.2, 0) is 0 Å². The fourth-order valence-electron chi connectivity index (χ4n) is 1.04. The Kier molecular flexibility index (Phi) is 4.81. The molecule has 0 aliphatic rings. The summed E-state index contributed by atoms with van der Waals surface area (Å²) in [5.74, 6) is -37.4. The van der Waals surface area contributed by atoms with Gasteiger partial charge < -0.3 is 5.11 Å². The summed E-state index contributed by atoms with van der Waals surface area (Å²) in [6.07, 6.45) is -11.2. The third-order valence-corrected chi connectivity index (χ3v) is 2.48. The number of alkyl halides is 13. The van der Waals surface area contributed by atoms with Crippen molar-refractivity contribution in [1.29, 1.82) is 0 Å². The summed E-state index contributed by atoms with van der Waals surface area (Å²) in [6.45, 7) is -0.288. The molecule has 1 atom stereocenters. The van der Waals surface area contributed by atoms with Crippen LogP contribution in [0.1, 0.15) is 6.92 Å². The summed E-state index contributed by atoms with van der Waals surface area (Å²) < 4.78 is 162. The highest BCUT2D eigenvalue weighted by molar-refractivity contribution is 5.11. The van der Waals surface area contributed by atoms with Gasteiger partial charge in [0, 0.05) is 0 Å². The molecule has 0 amide bonds. The molecule has 0 aliphatic heterocycles. The molecule has 0 radical (unpaired) electrons. The van der Waals surface area contributed by atoms with Crippen LogP contribution >= 0.6 is 0 Å². The fraction of sp³-hybridized carbons (Fsp3) is 1.00. The van der Waals surface area contributed by atoms with Crippen molar-refractivity contribution >= 4 is 0 Å². The molecule has 134 valence electrons. The van der Waals surface area contributed by atoms with Gasteiger partial charge in [-0.3, -0.25) is 0 Å². The number of halogens is 13. The lowest BCUT2D eigenvalue weighted by molar-refractivity contribution is -0.443. The first-order chi connectivity index (χ1) is 9.19. The molecule has 0 heterocycles. The van der Waals surface area contributed by atoms with Crippen LogP contribution in [0, 0.1) is 0 Å². The highest BCUT2D eigenvalue weighted by atomic mass is 19.4. The van der Waals surface area contributed by atoms with E-state index in [9.17, 15) is 57.1 Å². The van der Waals surface area contributed by atoms with Crippen LogP contribution in [0.15, 0.2) is 0 Å². The van der Waals surface area contributed by atoms with E-state index >= 15 is 0 Å². The van der Waals surface area contributed by atoms with Crippen LogP contribution in [-0.4, -0.2) is 47.0 Å². The van der Waals surface area contributed by atoms with Crippen molar-refractivity contribution in [2.24, 2.45) is 0 Å². The van der Waals surface area contributed by atoms with E-state index in [2.05, 4.69) is 0 Å². The first kappa shape index (κ1) is 21.0. The van der Waals surface area contributed by atoms with Gasteiger partial charge in [0.2, 0.25) is 0 Å². The summed E-state index contributed by atoms with van der Waals surface area (Å²) in [7, 11) is 0. The maximum atomic E-state index is 12.8. The van der Waals surface area contributed by atoms with Gasteiger partial charge in [-0.05, 0) is 6.92 Å². The molecule has 0 rings (SSSR count). The third kappa shape index (κ3) is 2.48. The molecule has 0 aliphatic carbocycles. The molecule has 0 saturated heterocycles. The average Bonchev–Trinajstić information content (AvgIpc) is 2.25. The Morgan fingerprint density at radius 2 is 0.818 bits per heavy atom. The topological polar surface area (TPSA) is 20.2 Å². The Balaban J connectivity index is 6.24. The lowest BCUT2D eigenvalue weighted by Crippen LogP contribution is -2.71. The minimum Gasteiger partial charge on any atom is -0.387 e. The van der Waals surface area contributed by atoms with E-state index in [0.717, 1.165) is 0 Å². The number of hydrogen-bond donors (Lipinski definition) is 1. The number of aliphatic hydroxyl groups excluding tert-OH is 1. The minimum atomic E-state index is -7.93. The molecule has 0 saturated carbocycles. The van der Waals surface area contributed by atoms with Gasteiger partial charge in [-0.15, -0.1) is 0 Å². The molecule has 0 aromatic heterocycles. The summed E-state index contributed by atoms with van der Waals surface area (Å²) in [4.78, 5) is 0. The van der Waals surface area contributed by atoms with Gasteiger partial charge in [-0.25, -0.2) is 0 Å². The molecule has 0 unspecified atom stereocenters. The van der Waals surface area contributed by atoms with Crippen molar-refractivity contribution in [3.8, 4) is 0 Å². The normalized spacial score (nSPS) is 17.6. The Morgan fingerprint density at radius 1 is 0.545 bits per heavy atom. The smallest absolute Gasteiger partial charge is 0.387 e. The summed E-state index contributed by atoms with van der Waals surface area (Å²) in [6, 6.07) is 0. The van der Waals surface area contributed by atoms with E-state index in [1.807, 2.05) is 0 Å². The maximum Gasteiger partial charge on any atom is 0.460 e. The maximum absolute atomic E-state index is 12.8. The molecule has 1 N–H and O–H groups in total. The van der Waals surface area contributed by atoms with Gasteiger partial charge in [0.05, 0.1) is 0 Å². The summed E-state index contributed by atoms with van der Waals surface area (Å²) >= 11 is 0. The Labute approximate surface area is 112 Å². The molecular formula is C8H5F13O. The fourth-order valence-corrected chi connectivity index (χ4v) is 1.04. The van der Waals surface area contributed by atoms with Crippen LogP contribution in [0.4, 0.5) is 57.1 Å². The van der Waals surface area contributed by atoms with Gasteiger partial charge in [-0.1, -0.05) is 0 Å². The highest BCUT2D eigenvalue weighted by Gasteiger charge is 2.91.